The molecule has 1 saturated heterocycles. The number of hydrogen-bond donors (Lipinski definition) is 2. The first-order valence-corrected chi connectivity index (χ1v) is 6.51. The van der Waals surface area contributed by atoms with Gasteiger partial charge >= 0.3 is 0 Å². The summed E-state index contributed by atoms with van der Waals surface area (Å²) in [7, 11) is 1.57. The number of aromatic nitrogens is 2. The number of anilines is 1. The number of nitrogens with two attached hydrogens (primary N) is 1. The molecule has 1 aromatic rings. The van der Waals surface area contributed by atoms with Gasteiger partial charge in [0.05, 0.1) is 6.61 Å². The summed E-state index contributed by atoms with van der Waals surface area (Å²) in [4.78, 5) is 24.4. The molecule has 1 amide bonds. The van der Waals surface area contributed by atoms with Crippen LogP contribution in [0.2, 0.25) is 0 Å². The Morgan fingerprint density at radius 3 is 2.60 bits per heavy atom. The first-order chi connectivity index (χ1) is 9.76. The second kappa shape index (κ2) is 7.13. The molecule has 20 heavy (non-hydrogen) atoms. The van der Waals surface area contributed by atoms with Crippen LogP contribution in [0.4, 0.5) is 5.95 Å². The van der Waals surface area contributed by atoms with Crippen molar-refractivity contribution in [2.45, 2.75) is 6.04 Å². The molecule has 0 radical (unpaired) electrons. The Balaban J connectivity index is 1.94. The zero-order chi connectivity index (χ0) is 14.4. The molecule has 1 atom stereocenters. The van der Waals surface area contributed by atoms with Crippen LogP contribution in [-0.4, -0.2) is 66.7 Å². The third-order valence-corrected chi connectivity index (χ3v) is 3.36. The van der Waals surface area contributed by atoms with Crippen molar-refractivity contribution < 1.29 is 9.53 Å². The number of piperazine rings is 1. The average Bonchev–Trinajstić information content (AvgIpc) is 2.53. The second-order valence-corrected chi connectivity index (χ2v) is 4.55. The van der Waals surface area contributed by atoms with Crippen LogP contribution in [0.3, 0.4) is 0 Å². The van der Waals surface area contributed by atoms with E-state index in [1.54, 1.807) is 25.6 Å². The summed E-state index contributed by atoms with van der Waals surface area (Å²) in [6, 6.07) is 1.43. The van der Waals surface area contributed by atoms with Crippen LogP contribution in [-0.2, 0) is 9.53 Å². The maximum absolute atomic E-state index is 11.8. The number of methoxy groups -OCH3 is 1. The molecule has 1 unspecified atom stereocenters. The smallest absolute Gasteiger partial charge is 0.253 e. The predicted octanol–water partition coefficient (Wildman–Crippen LogP) is -1.40. The number of nitrogens with one attached hydrogen (secondary N) is 1. The summed E-state index contributed by atoms with van der Waals surface area (Å²) >= 11 is 0. The van der Waals surface area contributed by atoms with Crippen molar-refractivity contribution in [1.29, 1.82) is 0 Å². The molecule has 0 saturated carbocycles. The third kappa shape index (κ3) is 3.41. The van der Waals surface area contributed by atoms with Crippen LogP contribution >= 0.6 is 0 Å². The van der Waals surface area contributed by atoms with E-state index in [1.165, 1.54) is 0 Å². The number of carbonyl (C=O) groups is 1. The Morgan fingerprint density at radius 2 is 2.05 bits per heavy atom. The summed E-state index contributed by atoms with van der Waals surface area (Å²) in [5.74, 6) is 5.71. The molecule has 2 heterocycles. The SMILES string of the molecule is COCC(C(=O)NN)N1CCN(c2ncccn2)CC1. The summed E-state index contributed by atoms with van der Waals surface area (Å²) in [5, 5.41) is 0. The predicted molar refractivity (Wildman–Crippen MR) is 73.8 cm³/mol. The first-order valence-electron chi connectivity index (χ1n) is 6.51. The minimum Gasteiger partial charge on any atom is -0.383 e. The van der Waals surface area contributed by atoms with Gasteiger partial charge in [0.2, 0.25) is 5.95 Å². The minimum absolute atomic E-state index is 0.226. The van der Waals surface area contributed by atoms with Gasteiger partial charge < -0.3 is 9.64 Å². The van der Waals surface area contributed by atoms with Gasteiger partial charge in [-0.3, -0.25) is 15.1 Å². The van der Waals surface area contributed by atoms with Gasteiger partial charge in [-0.1, -0.05) is 0 Å². The van der Waals surface area contributed by atoms with Crippen LogP contribution in [0.15, 0.2) is 18.5 Å². The van der Waals surface area contributed by atoms with Crippen LogP contribution < -0.4 is 16.2 Å². The topological polar surface area (TPSA) is 96.6 Å². The summed E-state index contributed by atoms with van der Waals surface area (Å²) in [6.45, 7) is 3.33. The van der Waals surface area contributed by atoms with Crippen LogP contribution in [0.5, 0.6) is 0 Å². The molecule has 0 spiro atoms. The van der Waals surface area contributed by atoms with E-state index in [2.05, 4.69) is 25.2 Å². The van der Waals surface area contributed by atoms with Crippen molar-refractivity contribution in [3.05, 3.63) is 18.5 Å². The standard InChI is InChI=1S/C12H20N6O2/c1-20-9-10(11(19)16-13)17-5-7-18(8-6-17)12-14-3-2-4-15-12/h2-4,10H,5-9,13H2,1H3,(H,16,19). The van der Waals surface area contributed by atoms with Gasteiger partial charge in [-0.15, -0.1) is 0 Å². The molecule has 1 fully saturated rings. The zero-order valence-electron chi connectivity index (χ0n) is 11.5. The van der Waals surface area contributed by atoms with Gasteiger partial charge in [0.15, 0.2) is 0 Å². The number of rotatable bonds is 5. The highest BCUT2D eigenvalue weighted by Gasteiger charge is 2.29. The van der Waals surface area contributed by atoms with Gasteiger partial charge in [0.25, 0.3) is 5.91 Å². The summed E-state index contributed by atoms with van der Waals surface area (Å²) in [6.07, 6.45) is 3.45. The lowest BCUT2D eigenvalue weighted by Gasteiger charge is -2.38. The van der Waals surface area contributed by atoms with E-state index < -0.39 is 0 Å². The molecule has 8 nitrogen and oxygen atoms in total. The highest BCUT2D eigenvalue weighted by molar-refractivity contribution is 5.81. The molecule has 2 rings (SSSR count). The van der Waals surface area contributed by atoms with Gasteiger partial charge in [0.1, 0.15) is 6.04 Å². The van der Waals surface area contributed by atoms with E-state index in [1.807, 2.05) is 0 Å². The lowest BCUT2D eigenvalue weighted by Crippen LogP contribution is -2.57. The van der Waals surface area contributed by atoms with Gasteiger partial charge in [-0.05, 0) is 6.07 Å². The van der Waals surface area contributed by atoms with Crippen LogP contribution in [0.1, 0.15) is 0 Å². The molecular weight excluding hydrogens is 260 g/mol. The Morgan fingerprint density at radius 1 is 1.40 bits per heavy atom. The number of hydrogen-bond acceptors (Lipinski definition) is 7. The molecule has 8 heteroatoms. The third-order valence-electron chi connectivity index (χ3n) is 3.36. The summed E-state index contributed by atoms with van der Waals surface area (Å²) < 4.78 is 5.10. The molecule has 0 aromatic carbocycles. The quantitative estimate of drug-likeness (QED) is 0.389. The van der Waals surface area contributed by atoms with E-state index >= 15 is 0 Å². The van der Waals surface area contributed by atoms with E-state index in [4.69, 9.17) is 10.6 Å². The molecule has 110 valence electrons. The Labute approximate surface area is 117 Å². The zero-order valence-corrected chi connectivity index (χ0v) is 11.5. The van der Waals surface area contributed by atoms with Gasteiger partial charge in [0, 0.05) is 45.7 Å². The van der Waals surface area contributed by atoms with Gasteiger partial charge in [-0.25, -0.2) is 15.8 Å². The highest BCUT2D eigenvalue weighted by Crippen LogP contribution is 2.12. The van der Waals surface area contributed by atoms with Gasteiger partial charge in [-0.2, -0.15) is 0 Å². The van der Waals surface area contributed by atoms with Crippen molar-refractivity contribution in [2.24, 2.45) is 5.84 Å². The fourth-order valence-electron chi connectivity index (χ4n) is 2.29. The largest absolute Gasteiger partial charge is 0.383 e. The van der Waals surface area contributed by atoms with E-state index in [0.717, 1.165) is 32.1 Å². The molecule has 1 aromatic heterocycles. The van der Waals surface area contributed by atoms with Crippen LogP contribution in [0.25, 0.3) is 0 Å². The van der Waals surface area contributed by atoms with Crippen molar-refractivity contribution in [1.82, 2.24) is 20.3 Å². The molecule has 0 aliphatic carbocycles. The number of nitrogens with zero attached hydrogens (tertiary/aromatic N) is 4. The average molecular weight is 280 g/mol. The lowest BCUT2D eigenvalue weighted by atomic mass is 10.2. The van der Waals surface area contributed by atoms with Crippen molar-refractivity contribution in [3.8, 4) is 0 Å². The normalized spacial score (nSPS) is 17.8. The fraction of sp³-hybridized carbons (Fsp3) is 0.583. The molecule has 1 aliphatic rings. The fourth-order valence-corrected chi connectivity index (χ4v) is 2.29. The second-order valence-electron chi connectivity index (χ2n) is 4.55. The number of hydrazine groups is 1. The highest BCUT2D eigenvalue weighted by atomic mass is 16.5. The minimum atomic E-state index is -0.358. The molecule has 3 N–H and O–H groups in total. The van der Waals surface area contributed by atoms with Crippen molar-refractivity contribution in [2.75, 3.05) is 44.8 Å². The number of carbonyl (C=O) groups excluding carboxylic acids is 1. The summed E-state index contributed by atoms with van der Waals surface area (Å²) in [5.41, 5.74) is 2.19. The first kappa shape index (κ1) is 14.6. The molecule has 1 aliphatic heterocycles. The monoisotopic (exact) mass is 280 g/mol. The van der Waals surface area contributed by atoms with Crippen molar-refractivity contribution in [3.63, 3.8) is 0 Å². The van der Waals surface area contributed by atoms with E-state index in [9.17, 15) is 4.79 Å². The Kier molecular flexibility index (Phi) is 5.22. The molecule has 0 bridgehead atoms. The lowest BCUT2D eigenvalue weighted by molar-refractivity contribution is -0.128. The number of amides is 1. The maximum Gasteiger partial charge on any atom is 0.253 e. The number of ether oxygens (including phenoxy) is 1. The Bertz CT molecular complexity index is 421. The Hall–Kier alpha value is -1.77. The van der Waals surface area contributed by atoms with E-state index in [0.29, 0.717) is 6.61 Å². The van der Waals surface area contributed by atoms with Crippen LogP contribution in [0, 0.1) is 0 Å². The molecular formula is C12H20N6O2. The maximum atomic E-state index is 11.8. The van der Waals surface area contributed by atoms with E-state index in [-0.39, 0.29) is 11.9 Å². The van der Waals surface area contributed by atoms with Crippen molar-refractivity contribution >= 4 is 11.9 Å².